The number of nitrogens with two attached hydrogens (primary N) is 1. The van der Waals surface area contributed by atoms with Gasteiger partial charge in [0.1, 0.15) is 23.8 Å². The van der Waals surface area contributed by atoms with Gasteiger partial charge in [-0.25, -0.2) is 9.67 Å². The number of rotatable bonds is 4. The number of aliphatic hydroxyl groups excluding tert-OH is 3. The summed E-state index contributed by atoms with van der Waals surface area (Å²) in [5.41, 5.74) is 6.24. The first-order valence-electron chi connectivity index (χ1n) is 9.59. The number of hydrogen-bond acceptors (Lipinski definition) is 10. The molecule has 0 radical (unpaired) electrons. The van der Waals surface area contributed by atoms with Crippen molar-refractivity contribution in [2.24, 2.45) is 0 Å². The van der Waals surface area contributed by atoms with Crippen molar-refractivity contribution in [1.29, 1.82) is 0 Å². The average Bonchev–Trinajstić information content (AvgIpc) is 3.39. The molecule has 4 atom stereocenters. The molecule has 3 aromatic heterocycles. The predicted molar refractivity (Wildman–Crippen MR) is 93.3 cm³/mol. The van der Waals surface area contributed by atoms with Crippen molar-refractivity contribution in [2.45, 2.75) is 24.5 Å². The van der Waals surface area contributed by atoms with Crippen LogP contribution in [0.3, 0.4) is 0 Å². The lowest BCUT2D eigenvalue weighted by atomic mass is 10.1. The van der Waals surface area contributed by atoms with Gasteiger partial charge in [-0.15, -0.1) is 0 Å². The highest BCUT2D eigenvalue weighted by atomic mass is 16.6. The Labute approximate surface area is 161 Å². The standard InChI is InChI=1S/C15H18N8O5/c1-17-13(27)6-2-19-23(3-6)15-20-11(16)8-12(21-15)22(5-18-8)14-10(26)9(25)7(4-24)28-14/h2-3,5,7,9-10,14,24-26H,4H2,1H3,(H,17,27)(H2,16,20,21)/i1D3. The topological polar surface area (TPSA) is 186 Å². The summed E-state index contributed by atoms with van der Waals surface area (Å²) in [7, 11) is 0. The molecule has 6 N–H and O–H groups in total. The number of carbonyl (C=O) groups excluding carboxylic acids is 1. The third-order valence-corrected chi connectivity index (χ3v) is 4.39. The number of carbonyl (C=O) groups is 1. The monoisotopic (exact) mass is 393 g/mol. The van der Waals surface area contributed by atoms with Crippen LogP contribution >= 0.6 is 0 Å². The van der Waals surface area contributed by atoms with E-state index in [1.165, 1.54) is 17.1 Å². The molecule has 4 rings (SSSR count). The summed E-state index contributed by atoms with van der Waals surface area (Å²) in [6.45, 7) is -3.16. The summed E-state index contributed by atoms with van der Waals surface area (Å²) in [6, 6.07) is 0. The van der Waals surface area contributed by atoms with Gasteiger partial charge in [-0.1, -0.05) is 0 Å². The largest absolute Gasteiger partial charge is 0.394 e. The first-order chi connectivity index (χ1) is 14.6. The zero-order chi connectivity index (χ0) is 22.5. The number of hydrogen-bond donors (Lipinski definition) is 5. The lowest BCUT2D eigenvalue weighted by Gasteiger charge is -2.16. The maximum atomic E-state index is 12.0. The molecule has 0 aliphatic carbocycles. The van der Waals surface area contributed by atoms with Crippen molar-refractivity contribution < 1.29 is 29.0 Å². The van der Waals surface area contributed by atoms with E-state index in [0.29, 0.717) is 0 Å². The van der Waals surface area contributed by atoms with Crippen LogP contribution in [0, 0.1) is 0 Å². The van der Waals surface area contributed by atoms with Gasteiger partial charge >= 0.3 is 0 Å². The molecule has 0 spiro atoms. The third kappa shape index (κ3) is 2.77. The van der Waals surface area contributed by atoms with Crippen LogP contribution in [0.25, 0.3) is 17.1 Å². The van der Waals surface area contributed by atoms with Crippen molar-refractivity contribution in [3.8, 4) is 5.95 Å². The van der Waals surface area contributed by atoms with Gasteiger partial charge in [0, 0.05) is 17.3 Å². The number of fused-ring (bicyclic) bond motifs is 1. The van der Waals surface area contributed by atoms with Gasteiger partial charge in [-0.3, -0.25) is 9.36 Å². The number of nitrogen functional groups attached to an aromatic ring is 1. The molecule has 3 aromatic rings. The minimum atomic E-state index is -2.66. The van der Waals surface area contributed by atoms with Crippen molar-refractivity contribution in [3.63, 3.8) is 0 Å². The highest BCUT2D eigenvalue weighted by Gasteiger charge is 2.44. The Kier molecular flexibility index (Phi) is 3.61. The molecule has 1 aliphatic heterocycles. The van der Waals surface area contributed by atoms with E-state index in [1.807, 2.05) is 5.32 Å². The van der Waals surface area contributed by atoms with Gasteiger partial charge < -0.3 is 31.1 Å². The second-order valence-corrected chi connectivity index (χ2v) is 6.09. The van der Waals surface area contributed by atoms with Crippen molar-refractivity contribution >= 4 is 22.9 Å². The Bertz CT molecular complexity index is 1130. The van der Waals surface area contributed by atoms with Crippen LogP contribution in [0.5, 0.6) is 0 Å². The maximum absolute atomic E-state index is 12.0. The van der Waals surface area contributed by atoms with Gasteiger partial charge in [-0.05, 0) is 0 Å². The minimum Gasteiger partial charge on any atom is -0.394 e. The molecule has 1 saturated heterocycles. The van der Waals surface area contributed by atoms with E-state index in [2.05, 4.69) is 20.1 Å². The fraction of sp³-hybridized carbons (Fsp3) is 0.400. The first kappa shape index (κ1) is 14.9. The predicted octanol–water partition coefficient (Wildman–Crippen LogP) is -2.43. The molecule has 4 unspecified atom stereocenters. The Balaban J connectivity index is 1.70. The van der Waals surface area contributed by atoms with Crippen LogP contribution in [0.1, 0.15) is 20.7 Å². The van der Waals surface area contributed by atoms with E-state index in [-0.39, 0.29) is 28.5 Å². The van der Waals surface area contributed by atoms with E-state index in [0.717, 1.165) is 10.9 Å². The molecule has 13 heteroatoms. The molecule has 0 bridgehead atoms. The van der Waals surface area contributed by atoms with Gasteiger partial charge in [-0.2, -0.15) is 15.1 Å². The molecule has 13 nitrogen and oxygen atoms in total. The van der Waals surface area contributed by atoms with E-state index < -0.39 is 44.0 Å². The van der Waals surface area contributed by atoms with E-state index in [1.54, 1.807) is 0 Å². The Morgan fingerprint density at radius 1 is 1.43 bits per heavy atom. The molecule has 148 valence electrons. The summed E-state index contributed by atoms with van der Waals surface area (Å²) < 4.78 is 29.2. The fourth-order valence-electron chi connectivity index (χ4n) is 2.95. The van der Waals surface area contributed by atoms with E-state index in [4.69, 9.17) is 14.6 Å². The van der Waals surface area contributed by atoms with Crippen LogP contribution in [0.2, 0.25) is 0 Å². The molecule has 1 fully saturated rings. The average molecular weight is 393 g/mol. The third-order valence-electron chi connectivity index (χ3n) is 4.39. The summed E-state index contributed by atoms with van der Waals surface area (Å²) in [4.78, 5) is 24.5. The highest BCUT2D eigenvalue weighted by Crippen LogP contribution is 2.32. The lowest BCUT2D eigenvalue weighted by Crippen LogP contribution is -2.33. The van der Waals surface area contributed by atoms with Crippen molar-refractivity contribution in [1.82, 2.24) is 34.6 Å². The molecular formula is C15H18N8O5. The van der Waals surface area contributed by atoms with E-state index >= 15 is 0 Å². The number of amides is 1. The van der Waals surface area contributed by atoms with Crippen LogP contribution < -0.4 is 11.1 Å². The minimum absolute atomic E-state index is 0.0329. The van der Waals surface area contributed by atoms with Crippen LogP contribution in [-0.4, -0.2) is 82.4 Å². The zero-order valence-corrected chi connectivity index (χ0v) is 14.2. The normalized spacial score (nSPS) is 26.8. The Hall–Kier alpha value is -3.13. The summed E-state index contributed by atoms with van der Waals surface area (Å²) >= 11 is 0. The van der Waals surface area contributed by atoms with Gasteiger partial charge in [0.15, 0.2) is 17.7 Å². The number of nitrogens with zero attached hydrogens (tertiary/aromatic N) is 6. The van der Waals surface area contributed by atoms with Crippen molar-refractivity contribution in [3.05, 3.63) is 24.3 Å². The van der Waals surface area contributed by atoms with Crippen LogP contribution in [-0.2, 0) is 4.74 Å². The first-order valence-corrected chi connectivity index (χ1v) is 8.09. The van der Waals surface area contributed by atoms with E-state index in [9.17, 15) is 20.1 Å². The van der Waals surface area contributed by atoms with Gasteiger partial charge in [0.25, 0.3) is 11.9 Å². The molecule has 28 heavy (non-hydrogen) atoms. The molecular weight excluding hydrogens is 372 g/mol. The molecule has 4 heterocycles. The SMILES string of the molecule is [2H]C([2H])([2H])NC(=O)c1cnn(-c2nc(N)c3ncn(C4OC(CO)C(O)C4O)c3n2)c1. The number of aliphatic hydroxyl groups is 3. The fourth-order valence-corrected chi connectivity index (χ4v) is 2.95. The zero-order valence-electron chi connectivity index (χ0n) is 17.2. The summed E-state index contributed by atoms with van der Waals surface area (Å²) in [5, 5.41) is 35.4. The van der Waals surface area contributed by atoms with Gasteiger partial charge in [0.05, 0.1) is 24.7 Å². The van der Waals surface area contributed by atoms with Crippen molar-refractivity contribution in [2.75, 3.05) is 19.3 Å². The smallest absolute Gasteiger partial charge is 0.254 e. The number of imidazole rings is 1. The summed E-state index contributed by atoms with van der Waals surface area (Å²) in [5.74, 6) is -0.960. The number of aromatic nitrogens is 6. The summed E-state index contributed by atoms with van der Waals surface area (Å²) in [6.07, 6.45) is -1.15. The number of nitrogens with one attached hydrogen (secondary N) is 1. The molecule has 1 amide bonds. The highest BCUT2D eigenvalue weighted by molar-refractivity contribution is 5.93. The Morgan fingerprint density at radius 2 is 2.25 bits per heavy atom. The number of anilines is 1. The van der Waals surface area contributed by atoms with Crippen LogP contribution in [0.15, 0.2) is 18.7 Å². The van der Waals surface area contributed by atoms with Crippen LogP contribution in [0.4, 0.5) is 5.82 Å². The maximum Gasteiger partial charge on any atom is 0.254 e. The Morgan fingerprint density at radius 3 is 2.96 bits per heavy atom. The lowest BCUT2D eigenvalue weighted by molar-refractivity contribution is -0.0511. The molecule has 0 saturated carbocycles. The second kappa shape index (κ2) is 6.79. The number of ether oxygens (including phenoxy) is 1. The molecule has 0 aromatic carbocycles. The second-order valence-electron chi connectivity index (χ2n) is 6.09. The van der Waals surface area contributed by atoms with Gasteiger partial charge in [0.2, 0.25) is 0 Å². The quantitative estimate of drug-likeness (QED) is 0.319. The molecule has 1 aliphatic rings.